The van der Waals surface area contributed by atoms with Crippen LogP contribution >= 0.6 is 0 Å². The fourth-order valence-corrected chi connectivity index (χ4v) is 3.94. The highest BCUT2D eigenvalue weighted by molar-refractivity contribution is 5.68. The van der Waals surface area contributed by atoms with Gasteiger partial charge in [-0.1, -0.05) is 18.2 Å². The Morgan fingerprint density at radius 1 is 0.972 bits per heavy atom. The van der Waals surface area contributed by atoms with Gasteiger partial charge < -0.3 is 23.7 Å². The van der Waals surface area contributed by atoms with E-state index in [2.05, 4.69) is 5.10 Å². The van der Waals surface area contributed by atoms with Crippen molar-refractivity contribution in [1.82, 2.24) is 14.3 Å². The molecule has 2 aromatic rings. The quantitative estimate of drug-likeness (QED) is 0.393. The van der Waals surface area contributed by atoms with E-state index in [4.69, 9.17) is 23.7 Å². The maximum atomic E-state index is 13.4. The fourth-order valence-electron chi connectivity index (χ4n) is 3.94. The molecule has 0 bridgehead atoms. The first-order valence-electron chi connectivity index (χ1n) is 11.3. The lowest BCUT2D eigenvalue weighted by molar-refractivity contribution is -0.295. The van der Waals surface area contributed by atoms with Crippen LogP contribution in [0, 0.1) is 0 Å². The maximum Gasteiger partial charge on any atom is 0.352 e. The number of rotatable bonds is 8. The average Bonchev–Trinajstić information content (AvgIpc) is 3.07. The molecule has 1 fully saturated rings. The molecular weight excluding hydrogens is 478 g/mol. The lowest BCUT2D eigenvalue weighted by Crippen LogP contribution is -2.61. The Kier molecular flexibility index (Phi) is 8.48. The molecule has 13 nitrogen and oxygen atoms in total. The van der Waals surface area contributed by atoms with Crippen LogP contribution in [0.25, 0.3) is 5.69 Å². The van der Waals surface area contributed by atoms with Gasteiger partial charge in [-0.25, -0.2) is 23.9 Å². The Hall–Kier alpha value is -3.71. The van der Waals surface area contributed by atoms with Crippen molar-refractivity contribution in [2.24, 2.45) is 0 Å². The Labute approximate surface area is 205 Å². The predicted octanol–water partition coefficient (Wildman–Crippen LogP) is 0.445. The largest absolute Gasteiger partial charge is 0.463 e. The number of carbonyl (C=O) groups is 3. The van der Waals surface area contributed by atoms with Gasteiger partial charge in [0, 0.05) is 20.8 Å². The third-order valence-electron chi connectivity index (χ3n) is 5.20. The lowest BCUT2D eigenvalue weighted by atomic mass is 9.96. The number of esters is 3. The first kappa shape index (κ1) is 26.9. The van der Waals surface area contributed by atoms with Crippen LogP contribution in [0.1, 0.15) is 40.7 Å². The van der Waals surface area contributed by atoms with E-state index in [1.54, 1.807) is 44.2 Å². The molecule has 0 radical (unpaired) electrons. The van der Waals surface area contributed by atoms with Gasteiger partial charge in [-0.05, 0) is 26.0 Å². The van der Waals surface area contributed by atoms with Gasteiger partial charge in [0.15, 0.2) is 18.5 Å². The minimum Gasteiger partial charge on any atom is -0.463 e. The van der Waals surface area contributed by atoms with Crippen molar-refractivity contribution in [2.75, 3.05) is 6.61 Å². The number of carbonyl (C=O) groups excluding carboxylic acids is 3. The van der Waals surface area contributed by atoms with E-state index in [1.807, 2.05) is 0 Å². The molecule has 0 spiro atoms. The van der Waals surface area contributed by atoms with Crippen molar-refractivity contribution in [2.45, 2.75) is 71.4 Å². The van der Waals surface area contributed by atoms with E-state index in [1.165, 1.54) is 6.92 Å². The smallest absolute Gasteiger partial charge is 0.352 e. The van der Waals surface area contributed by atoms with Crippen LogP contribution in [0.2, 0.25) is 0 Å². The monoisotopic (exact) mass is 507 g/mol. The Balaban J connectivity index is 2.17. The molecule has 13 heteroatoms. The van der Waals surface area contributed by atoms with E-state index in [0.29, 0.717) is 5.69 Å². The summed E-state index contributed by atoms with van der Waals surface area (Å²) in [6.45, 7) is 6.53. The van der Waals surface area contributed by atoms with Crippen molar-refractivity contribution >= 4 is 17.9 Å². The molecule has 0 aliphatic carbocycles. The number of para-hydroxylation sites is 1. The van der Waals surface area contributed by atoms with Crippen molar-refractivity contribution < 1.29 is 38.1 Å². The highest BCUT2D eigenvalue weighted by Gasteiger charge is 2.53. The van der Waals surface area contributed by atoms with Gasteiger partial charge in [0.05, 0.1) is 11.8 Å². The average molecular weight is 507 g/mol. The van der Waals surface area contributed by atoms with Gasteiger partial charge >= 0.3 is 29.3 Å². The van der Waals surface area contributed by atoms with Crippen LogP contribution in [-0.4, -0.2) is 69.6 Å². The first-order valence-corrected chi connectivity index (χ1v) is 11.3. The summed E-state index contributed by atoms with van der Waals surface area (Å²) in [7, 11) is 0. The number of benzene rings is 1. The highest BCUT2D eigenvalue weighted by atomic mass is 16.7. The number of H-pyrrole nitrogens is 1. The van der Waals surface area contributed by atoms with E-state index in [9.17, 15) is 24.0 Å². The lowest BCUT2D eigenvalue weighted by Gasteiger charge is -2.45. The van der Waals surface area contributed by atoms with Gasteiger partial charge in [0.1, 0.15) is 18.8 Å². The van der Waals surface area contributed by atoms with Crippen LogP contribution in [0.5, 0.6) is 0 Å². The standard InChI is InChI=1S/C23H29N3O10/c1-12(2)33-21-18(26-23(31)25(22(30)24-26)16-9-7-6-8-10-16)20(35-15(5)29)19(34-14(4)28)17(36-21)11-32-13(3)27/h6-10,12,17-21H,11H2,1-5H3,(H,24,30)/t17-,18+,19-,20-,21+/m1/s1. The molecule has 36 heavy (non-hydrogen) atoms. The van der Waals surface area contributed by atoms with Crippen LogP contribution < -0.4 is 11.4 Å². The molecule has 0 saturated carbocycles. The van der Waals surface area contributed by atoms with Gasteiger partial charge in [-0.2, -0.15) is 0 Å². The van der Waals surface area contributed by atoms with E-state index < -0.39 is 66.0 Å². The second kappa shape index (κ2) is 11.4. The first-order chi connectivity index (χ1) is 17.0. The summed E-state index contributed by atoms with van der Waals surface area (Å²) in [4.78, 5) is 61.8. The SMILES string of the molecule is CC(=O)OC[C@H]1O[C@H](OC(C)C)[C@@H](n2[nH]c(=O)n(-c3ccccc3)c2=O)[C@@H](OC(C)=O)[C@@H]1OC(C)=O. The van der Waals surface area contributed by atoms with Crippen LogP contribution in [0.4, 0.5) is 0 Å². The number of aromatic nitrogens is 3. The summed E-state index contributed by atoms with van der Waals surface area (Å²) in [5, 5.41) is 2.46. The maximum absolute atomic E-state index is 13.4. The van der Waals surface area contributed by atoms with Crippen LogP contribution in [0.3, 0.4) is 0 Å². The Morgan fingerprint density at radius 3 is 2.14 bits per heavy atom. The summed E-state index contributed by atoms with van der Waals surface area (Å²) >= 11 is 0. The van der Waals surface area contributed by atoms with Crippen LogP contribution in [-0.2, 0) is 38.1 Å². The molecule has 1 aliphatic heterocycles. The second-order valence-corrected chi connectivity index (χ2v) is 8.41. The topological polar surface area (TPSA) is 157 Å². The Bertz CT molecular complexity index is 1200. The fraction of sp³-hybridized carbons (Fsp3) is 0.522. The van der Waals surface area contributed by atoms with E-state index in [0.717, 1.165) is 23.1 Å². The van der Waals surface area contributed by atoms with E-state index in [-0.39, 0.29) is 6.61 Å². The zero-order valence-corrected chi connectivity index (χ0v) is 20.5. The van der Waals surface area contributed by atoms with Crippen molar-refractivity contribution in [3.8, 4) is 5.69 Å². The van der Waals surface area contributed by atoms with E-state index >= 15 is 0 Å². The number of hydrogen-bond donors (Lipinski definition) is 1. The molecule has 1 aromatic carbocycles. The highest BCUT2D eigenvalue weighted by Crippen LogP contribution is 2.34. The summed E-state index contributed by atoms with van der Waals surface area (Å²) in [6.07, 6.45) is -5.49. The van der Waals surface area contributed by atoms with Crippen molar-refractivity contribution in [3.63, 3.8) is 0 Å². The third-order valence-corrected chi connectivity index (χ3v) is 5.20. The molecule has 3 rings (SSSR count). The minimum atomic E-state index is -1.36. The molecule has 2 heterocycles. The zero-order valence-electron chi connectivity index (χ0n) is 20.5. The zero-order chi connectivity index (χ0) is 26.6. The minimum absolute atomic E-state index is 0.300. The molecule has 1 saturated heterocycles. The van der Waals surface area contributed by atoms with Crippen LogP contribution in [0.15, 0.2) is 39.9 Å². The van der Waals surface area contributed by atoms with Gasteiger partial charge in [0.2, 0.25) is 0 Å². The number of nitrogens with zero attached hydrogens (tertiary/aromatic N) is 2. The van der Waals surface area contributed by atoms with Gasteiger partial charge in [0.25, 0.3) is 0 Å². The second-order valence-electron chi connectivity index (χ2n) is 8.41. The number of ether oxygens (including phenoxy) is 5. The molecule has 0 amide bonds. The van der Waals surface area contributed by atoms with Gasteiger partial charge in [-0.3, -0.25) is 14.4 Å². The molecular formula is C23H29N3O10. The number of hydrogen-bond acceptors (Lipinski definition) is 10. The summed E-state index contributed by atoms with van der Waals surface area (Å²) in [5.74, 6) is -2.11. The summed E-state index contributed by atoms with van der Waals surface area (Å²) < 4.78 is 29.7. The van der Waals surface area contributed by atoms with Crippen molar-refractivity contribution in [1.29, 1.82) is 0 Å². The normalized spacial score (nSPS) is 23.8. The molecule has 1 aromatic heterocycles. The van der Waals surface area contributed by atoms with Crippen molar-refractivity contribution in [3.05, 3.63) is 51.3 Å². The number of aromatic amines is 1. The molecule has 1 aliphatic rings. The molecule has 5 atom stereocenters. The van der Waals surface area contributed by atoms with Gasteiger partial charge in [-0.15, -0.1) is 0 Å². The predicted molar refractivity (Wildman–Crippen MR) is 122 cm³/mol. The molecule has 196 valence electrons. The third kappa shape index (κ3) is 6.10. The summed E-state index contributed by atoms with van der Waals surface area (Å²) in [6, 6.07) is 6.90. The molecule has 1 N–H and O–H groups in total. The Morgan fingerprint density at radius 2 is 1.58 bits per heavy atom. The molecule has 0 unspecified atom stereocenters. The number of nitrogens with one attached hydrogen (secondary N) is 1. The summed E-state index contributed by atoms with van der Waals surface area (Å²) in [5.41, 5.74) is -1.26.